The largest absolute Gasteiger partial charge is 0.352 e. The van der Waals surface area contributed by atoms with Gasteiger partial charge in [-0.1, -0.05) is 6.92 Å². The summed E-state index contributed by atoms with van der Waals surface area (Å²) in [6.07, 6.45) is 1.07. The van der Waals surface area contributed by atoms with Crippen molar-refractivity contribution < 1.29 is 4.79 Å². The second kappa shape index (κ2) is 6.68. The number of rotatable bonds is 3. The first-order valence-corrected chi connectivity index (χ1v) is 7.51. The highest BCUT2D eigenvalue weighted by molar-refractivity contribution is 5.81. The summed E-state index contributed by atoms with van der Waals surface area (Å²) >= 11 is 0. The molecule has 0 bridgehead atoms. The maximum atomic E-state index is 12.4. The van der Waals surface area contributed by atoms with E-state index in [0.29, 0.717) is 12.0 Å². The molecule has 2 saturated heterocycles. The lowest BCUT2D eigenvalue weighted by molar-refractivity contribution is -0.127. The number of hydrogen-bond acceptors (Lipinski definition) is 4. The third-order valence-corrected chi connectivity index (χ3v) is 4.51. The minimum atomic E-state index is -0.00560. The van der Waals surface area contributed by atoms with Crippen molar-refractivity contribution in [2.75, 3.05) is 46.3 Å². The van der Waals surface area contributed by atoms with Gasteiger partial charge in [-0.25, -0.2) is 0 Å². The average molecular weight is 268 g/mol. The molecule has 2 heterocycles. The second-order valence-electron chi connectivity index (χ2n) is 6.11. The van der Waals surface area contributed by atoms with Crippen LogP contribution < -0.4 is 10.6 Å². The highest BCUT2D eigenvalue weighted by Gasteiger charge is 2.29. The summed E-state index contributed by atoms with van der Waals surface area (Å²) in [7, 11) is 2.15. The van der Waals surface area contributed by atoms with E-state index in [1.165, 1.54) is 0 Å². The van der Waals surface area contributed by atoms with Crippen molar-refractivity contribution in [2.45, 2.75) is 32.4 Å². The standard InChI is InChI=1S/C14H28N4O/c1-11-10-17(3)7-4-13(11)16-14(19)12(2)18-8-5-15-6-9-18/h11-13,15H,4-10H2,1-3H3,(H,16,19). The first-order valence-electron chi connectivity index (χ1n) is 7.51. The van der Waals surface area contributed by atoms with Gasteiger partial charge in [0.2, 0.25) is 5.91 Å². The van der Waals surface area contributed by atoms with Crippen LogP contribution in [0.15, 0.2) is 0 Å². The minimum absolute atomic E-state index is 0.00560. The zero-order valence-electron chi connectivity index (χ0n) is 12.5. The lowest BCUT2D eigenvalue weighted by Crippen LogP contribution is -2.56. The van der Waals surface area contributed by atoms with Crippen molar-refractivity contribution in [3.63, 3.8) is 0 Å². The van der Waals surface area contributed by atoms with Gasteiger partial charge in [0.15, 0.2) is 0 Å². The molecular weight excluding hydrogens is 240 g/mol. The Morgan fingerprint density at radius 2 is 2.00 bits per heavy atom. The van der Waals surface area contributed by atoms with Crippen molar-refractivity contribution in [3.05, 3.63) is 0 Å². The van der Waals surface area contributed by atoms with Crippen LogP contribution in [0.5, 0.6) is 0 Å². The summed E-state index contributed by atoms with van der Waals surface area (Å²) < 4.78 is 0. The van der Waals surface area contributed by atoms with Gasteiger partial charge in [-0.15, -0.1) is 0 Å². The van der Waals surface area contributed by atoms with Crippen molar-refractivity contribution in [1.29, 1.82) is 0 Å². The molecule has 2 fully saturated rings. The van der Waals surface area contributed by atoms with Crippen LogP contribution in [0.25, 0.3) is 0 Å². The van der Waals surface area contributed by atoms with E-state index in [9.17, 15) is 4.79 Å². The molecule has 2 rings (SSSR count). The molecule has 5 nitrogen and oxygen atoms in total. The minimum Gasteiger partial charge on any atom is -0.352 e. The van der Waals surface area contributed by atoms with Crippen molar-refractivity contribution in [2.24, 2.45) is 5.92 Å². The Morgan fingerprint density at radius 1 is 1.32 bits per heavy atom. The predicted octanol–water partition coefficient (Wildman–Crippen LogP) is -0.263. The third-order valence-electron chi connectivity index (χ3n) is 4.51. The van der Waals surface area contributed by atoms with Gasteiger partial charge < -0.3 is 15.5 Å². The van der Waals surface area contributed by atoms with Crippen LogP contribution in [-0.2, 0) is 4.79 Å². The zero-order chi connectivity index (χ0) is 13.8. The number of piperazine rings is 1. The van der Waals surface area contributed by atoms with Gasteiger partial charge in [0.1, 0.15) is 0 Å². The molecule has 2 aliphatic rings. The van der Waals surface area contributed by atoms with Crippen LogP contribution >= 0.6 is 0 Å². The van der Waals surface area contributed by atoms with Crippen LogP contribution in [0.2, 0.25) is 0 Å². The maximum absolute atomic E-state index is 12.4. The van der Waals surface area contributed by atoms with Gasteiger partial charge in [-0.05, 0) is 32.9 Å². The van der Waals surface area contributed by atoms with Crippen LogP contribution in [0, 0.1) is 5.92 Å². The summed E-state index contributed by atoms with van der Waals surface area (Å²) in [5.41, 5.74) is 0. The average Bonchev–Trinajstić information content (AvgIpc) is 2.42. The molecule has 0 radical (unpaired) electrons. The van der Waals surface area contributed by atoms with Gasteiger partial charge >= 0.3 is 0 Å². The number of likely N-dealkylation sites (tertiary alicyclic amines) is 1. The summed E-state index contributed by atoms with van der Waals surface area (Å²) in [6, 6.07) is 0.336. The number of nitrogens with one attached hydrogen (secondary N) is 2. The van der Waals surface area contributed by atoms with Gasteiger partial charge in [0.05, 0.1) is 6.04 Å². The van der Waals surface area contributed by atoms with Gasteiger partial charge in [-0.2, -0.15) is 0 Å². The highest BCUT2D eigenvalue weighted by atomic mass is 16.2. The summed E-state index contributed by atoms with van der Waals surface area (Å²) in [4.78, 5) is 17.0. The summed E-state index contributed by atoms with van der Waals surface area (Å²) in [6.45, 7) is 10.3. The SMILES string of the molecule is CC1CN(C)CCC1NC(=O)C(C)N1CCNCC1. The molecule has 3 atom stereocenters. The summed E-state index contributed by atoms with van der Waals surface area (Å²) in [5.74, 6) is 0.737. The number of amides is 1. The van der Waals surface area contributed by atoms with Gasteiger partial charge in [-0.3, -0.25) is 9.69 Å². The number of hydrogen-bond donors (Lipinski definition) is 2. The first-order chi connectivity index (χ1) is 9.08. The molecule has 5 heteroatoms. The van der Waals surface area contributed by atoms with Gasteiger partial charge in [0, 0.05) is 38.8 Å². The van der Waals surface area contributed by atoms with Crippen LogP contribution in [0.1, 0.15) is 20.3 Å². The molecule has 3 unspecified atom stereocenters. The van der Waals surface area contributed by atoms with E-state index in [4.69, 9.17) is 0 Å². The third kappa shape index (κ3) is 3.91. The van der Waals surface area contributed by atoms with Crippen LogP contribution in [0.3, 0.4) is 0 Å². The Hall–Kier alpha value is -0.650. The van der Waals surface area contributed by atoms with Crippen LogP contribution in [-0.4, -0.2) is 74.1 Å². The van der Waals surface area contributed by atoms with E-state index in [1.807, 2.05) is 6.92 Å². The molecule has 0 aromatic heterocycles. The molecule has 2 N–H and O–H groups in total. The molecule has 2 aliphatic heterocycles. The molecule has 110 valence electrons. The molecule has 1 amide bonds. The number of piperidine rings is 1. The Kier molecular flexibility index (Phi) is 5.19. The van der Waals surface area contributed by atoms with E-state index in [0.717, 1.165) is 45.7 Å². The van der Waals surface area contributed by atoms with E-state index >= 15 is 0 Å². The van der Waals surface area contributed by atoms with E-state index in [2.05, 4.69) is 34.4 Å². The molecule has 19 heavy (non-hydrogen) atoms. The smallest absolute Gasteiger partial charge is 0.237 e. The van der Waals surface area contributed by atoms with Crippen molar-refractivity contribution >= 4 is 5.91 Å². The quantitative estimate of drug-likeness (QED) is 0.740. The molecule has 0 saturated carbocycles. The first kappa shape index (κ1) is 14.8. The molecule has 0 aliphatic carbocycles. The lowest BCUT2D eigenvalue weighted by Gasteiger charge is -2.37. The summed E-state index contributed by atoms with van der Waals surface area (Å²) in [5, 5.41) is 6.58. The van der Waals surface area contributed by atoms with Crippen LogP contribution in [0.4, 0.5) is 0 Å². The normalized spacial score (nSPS) is 31.9. The van der Waals surface area contributed by atoms with Crippen molar-refractivity contribution in [3.8, 4) is 0 Å². The maximum Gasteiger partial charge on any atom is 0.237 e. The van der Waals surface area contributed by atoms with Crippen molar-refractivity contribution in [1.82, 2.24) is 20.4 Å². The topological polar surface area (TPSA) is 47.6 Å². The van der Waals surface area contributed by atoms with E-state index < -0.39 is 0 Å². The molecule has 0 spiro atoms. The molecule has 0 aromatic rings. The Morgan fingerprint density at radius 3 is 2.63 bits per heavy atom. The fourth-order valence-electron chi connectivity index (χ4n) is 3.11. The molecule has 0 aromatic carbocycles. The fourth-order valence-corrected chi connectivity index (χ4v) is 3.11. The Balaban J connectivity index is 1.82. The van der Waals surface area contributed by atoms with E-state index in [-0.39, 0.29) is 11.9 Å². The monoisotopic (exact) mass is 268 g/mol. The van der Waals surface area contributed by atoms with E-state index in [1.54, 1.807) is 0 Å². The van der Waals surface area contributed by atoms with Gasteiger partial charge in [0.25, 0.3) is 0 Å². The highest BCUT2D eigenvalue weighted by Crippen LogP contribution is 2.15. The number of nitrogens with zero attached hydrogens (tertiary/aromatic N) is 2. The predicted molar refractivity (Wildman–Crippen MR) is 77.1 cm³/mol. The zero-order valence-corrected chi connectivity index (χ0v) is 12.5. The number of carbonyl (C=O) groups is 1. The lowest BCUT2D eigenvalue weighted by atomic mass is 9.94. The second-order valence-corrected chi connectivity index (χ2v) is 6.11. The Bertz CT molecular complexity index is 304. The fraction of sp³-hybridized carbons (Fsp3) is 0.929. The molecular formula is C14H28N4O. The number of carbonyl (C=O) groups excluding carboxylic acids is 1. The Labute approximate surface area is 116 Å².